The minimum atomic E-state index is -0.369. The summed E-state index contributed by atoms with van der Waals surface area (Å²) in [7, 11) is 0. The van der Waals surface area contributed by atoms with Crippen LogP contribution in [0.4, 0.5) is 0 Å². The van der Waals surface area contributed by atoms with Crippen LogP contribution in [0, 0.1) is 11.3 Å². The summed E-state index contributed by atoms with van der Waals surface area (Å²) in [5.41, 5.74) is 2.36. The van der Waals surface area contributed by atoms with Crippen molar-refractivity contribution in [2.75, 3.05) is 0 Å². The summed E-state index contributed by atoms with van der Waals surface area (Å²) in [6.07, 6.45) is 2.08. The van der Waals surface area contributed by atoms with Crippen molar-refractivity contribution in [2.45, 2.75) is 19.8 Å². The van der Waals surface area contributed by atoms with Crippen LogP contribution in [-0.4, -0.2) is 5.97 Å². The van der Waals surface area contributed by atoms with Gasteiger partial charge in [-0.1, -0.05) is 37.6 Å². The molecule has 3 aromatic rings. The average Bonchev–Trinajstić information content (AvgIpc) is 2.62. The van der Waals surface area contributed by atoms with Crippen LogP contribution in [-0.2, 0) is 6.42 Å². The van der Waals surface area contributed by atoms with Crippen molar-refractivity contribution in [3.8, 4) is 11.8 Å². The van der Waals surface area contributed by atoms with E-state index in [1.54, 1.807) is 30.3 Å². The van der Waals surface area contributed by atoms with Gasteiger partial charge in [-0.25, -0.2) is 4.79 Å². The maximum Gasteiger partial charge on any atom is 0.343 e. The Labute approximate surface area is 141 Å². The topological polar surface area (TPSA) is 50.1 Å². The number of esters is 1. The second-order valence-corrected chi connectivity index (χ2v) is 5.67. The lowest BCUT2D eigenvalue weighted by Gasteiger charge is -2.07. The first-order chi connectivity index (χ1) is 11.7. The first-order valence-electron chi connectivity index (χ1n) is 7.94. The van der Waals surface area contributed by atoms with E-state index < -0.39 is 0 Å². The lowest BCUT2D eigenvalue weighted by Crippen LogP contribution is -2.08. The highest BCUT2D eigenvalue weighted by molar-refractivity contribution is 5.92. The van der Waals surface area contributed by atoms with E-state index in [0.29, 0.717) is 16.9 Å². The highest BCUT2D eigenvalue weighted by Gasteiger charge is 2.09. The third-order valence-corrected chi connectivity index (χ3v) is 3.88. The van der Waals surface area contributed by atoms with Gasteiger partial charge in [0, 0.05) is 0 Å². The van der Waals surface area contributed by atoms with Crippen molar-refractivity contribution in [3.63, 3.8) is 0 Å². The van der Waals surface area contributed by atoms with Gasteiger partial charge in [0.25, 0.3) is 0 Å². The third-order valence-electron chi connectivity index (χ3n) is 3.88. The van der Waals surface area contributed by atoms with E-state index in [4.69, 9.17) is 10.00 Å². The molecule has 0 saturated carbocycles. The Morgan fingerprint density at radius 2 is 1.71 bits per heavy atom. The van der Waals surface area contributed by atoms with Gasteiger partial charge in [0.15, 0.2) is 0 Å². The summed E-state index contributed by atoms with van der Waals surface area (Å²) in [5, 5.41) is 10.8. The maximum atomic E-state index is 12.3. The van der Waals surface area contributed by atoms with Crippen molar-refractivity contribution >= 4 is 16.7 Å². The zero-order chi connectivity index (χ0) is 16.9. The average molecular weight is 315 g/mol. The Hall–Kier alpha value is -3.12. The van der Waals surface area contributed by atoms with Gasteiger partial charge in [-0.3, -0.25) is 0 Å². The molecule has 0 heterocycles. The molecular formula is C21H17NO2. The van der Waals surface area contributed by atoms with E-state index in [1.807, 2.05) is 30.3 Å². The Balaban J connectivity index is 1.78. The number of carbonyl (C=O) groups is 1. The molecule has 24 heavy (non-hydrogen) atoms. The van der Waals surface area contributed by atoms with Crippen molar-refractivity contribution in [1.82, 2.24) is 0 Å². The van der Waals surface area contributed by atoms with E-state index in [0.717, 1.165) is 23.6 Å². The first kappa shape index (κ1) is 15.8. The van der Waals surface area contributed by atoms with Gasteiger partial charge < -0.3 is 4.74 Å². The first-order valence-corrected chi connectivity index (χ1v) is 7.94. The summed E-state index contributed by atoms with van der Waals surface area (Å²) in [6.45, 7) is 2.13. The van der Waals surface area contributed by atoms with E-state index >= 15 is 0 Å². The summed E-state index contributed by atoms with van der Waals surface area (Å²) in [5.74, 6) is 0.126. The van der Waals surface area contributed by atoms with Crippen LogP contribution in [0.1, 0.15) is 34.8 Å². The SMILES string of the molecule is CCCc1ccc(C(=O)Oc2ccc3cc(C#N)ccc3c2)cc1. The number of aryl methyl sites for hydroxylation is 1. The van der Waals surface area contributed by atoms with Crippen LogP contribution >= 0.6 is 0 Å². The van der Waals surface area contributed by atoms with Gasteiger partial charge in [-0.05, 0) is 59.2 Å². The number of ether oxygens (including phenoxy) is 1. The molecule has 0 aliphatic heterocycles. The summed E-state index contributed by atoms with van der Waals surface area (Å²) < 4.78 is 5.46. The molecule has 0 aliphatic rings. The van der Waals surface area contributed by atoms with Gasteiger partial charge in [-0.15, -0.1) is 0 Å². The Morgan fingerprint density at radius 1 is 1.00 bits per heavy atom. The molecule has 0 fully saturated rings. The number of rotatable bonds is 4. The standard InChI is InChI=1S/C21H17NO2/c1-2-3-15-4-7-17(8-5-15)21(23)24-20-11-10-18-12-16(14-22)6-9-19(18)13-20/h4-13H,2-3H2,1H3. The molecule has 3 rings (SSSR count). The molecule has 0 saturated heterocycles. The van der Waals surface area contributed by atoms with Gasteiger partial charge in [-0.2, -0.15) is 5.26 Å². The van der Waals surface area contributed by atoms with E-state index in [-0.39, 0.29) is 5.97 Å². The number of nitriles is 1. The normalized spacial score (nSPS) is 10.3. The number of carbonyl (C=O) groups excluding carboxylic acids is 1. The number of benzene rings is 3. The van der Waals surface area contributed by atoms with Crippen LogP contribution in [0.15, 0.2) is 60.7 Å². The van der Waals surface area contributed by atoms with Crippen LogP contribution in [0.3, 0.4) is 0 Å². The Morgan fingerprint density at radius 3 is 2.42 bits per heavy atom. The van der Waals surface area contributed by atoms with Crippen molar-refractivity contribution in [3.05, 3.63) is 77.4 Å². The summed E-state index contributed by atoms with van der Waals surface area (Å²) >= 11 is 0. The highest BCUT2D eigenvalue weighted by Crippen LogP contribution is 2.23. The van der Waals surface area contributed by atoms with Crippen molar-refractivity contribution in [2.24, 2.45) is 0 Å². The van der Waals surface area contributed by atoms with Crippen LogP contribution < -0.4 is 4.74 Å². The van der Waals surface area contributed by atoms with E-state index in [1.165, 1.54) is 5.56 Å². The van der Waals surface area contributed by atoms with Crippen LogP contribution in [0.25, 0.3) is 10.8 Å². The van der Waals surface area contributed by atoms with E-state index in [2.05, 4.69) is 13.0 Å². The lowest BCUT2D eigenvalue weighted by molar-refractivity contribution is 0.0735. The molecule has 0 atom stereocenters. The van der Waals surface area contributed by atoms with Gasteiger partial charge in [0.2, 0.25) is 0 Å². The molecule has 0 spiro atoms. The maximum absolute atomic E-state index is 12.3. The second-order valence-electron chi connectivity index (χ2n) is 5.67. The third kappa shape index (κ3) is 3.44. The molecular weight excluding hydrogens is 298 g/mol. The Bertz CT molecular complexity index is 921. The molecule has 3 aromatic carbocycles. The van der Waals surface area contributed by atoms with Crippen molar-refractivity contribution in [1.29, 1.82) is 5.26 Å². The fourth-order valence-electron chi connectivity index (χ4n) is 2.62. The summed E-state index contributed by atoms with van der Waals surface area (Å²) in [4.78, 5) is 12.3. The molecule has 0 amide bonds. The van der Waals surface area contributed by atoms with Gasteiger partial charge >= 0.3 is 5.97 Å². The number of fused-ring (bicyclic) bond motifs is 1. The van der Waals surface area contributed by atoms with Gasteiger partial charge in [0.1, 0.15) is 5.75 Å². The molecule has 3 nitrogen and oxygen atoms in total. The monoisotopic (exact) mass is 315 g/mol. The van der Waals surface area contributed by atoms with Crippen LogP contribution in [0.2, 0.25) is 0 Å². The molecule has 0 aromatic heterocycles. The van der Waals surface area contributed by atoms with Crippen molar-refractivity contribution < 1.29 is 9.53 Å². The second kappa shape index (κ2) is 6.97. The number of hydrogen-bond donors (Lipinski definition) is 0. The molecule has 3 heteroatoms. The predicted molar refractivity (Wildman–Crippen MR) is 94.1 cm³/mol. The van der Waals surface area contributed by atoms with E-state index in [9.17, 15) is 4.79 Å². The fraction of sp³-hybridized carbons (Fsp3) is 0.143. The molecule has 0 bridgehead atoms. The molecule has 0 unspecified atom stereocenters. The molecule has 0 N–H and O–H groups in total. The highest BCUT2D eigenvalue weighted by atomic mass is 16.5. The quantitative estimate of drug-likeness (QED) is 0.509. The van der Waals surface area contributed by atoms with Gasteiger partial charge in [0.05, 0.1) is 17.2 Å². The number of nitrogens with zero attached hydrogens (tertiary/aromatic N) is 1. The smallest absolute Gasteiger partial charge is 0.343 e. The molecule has 118 valence electrons. The largest absolute Gasteiger partial charge is 0.423 e. The number of hydrogen-bond acceptors (Lipinski definition) is 3. The summed E-state index contributed by atoms with van der Waals surface area (Å²) in [6, 6.07) is 20.5. The van der Waals surface area contributed by atoms with Crippen LogP contribution in [0.5, 0.6) is 5.75 Å². The minimum absolute atomic E-state index is 0.369. The zero-order valence-electron chi connectivity index (χ0n) is 13.5. The molecule has 0 radical (unpaired) electrons. The minimum Gasteiger partial charge on any atom is -0.423 e. The Kier molecular flexibility index (Phi) is 4.58. The fourth-order valence-corrected chi connectivity index (χ4v) is 2.62. The predicted octanol–water partition coefficient (Wildman–Crippen LogP) is 4.88. The zero-order valence-corrected chi connectivity index (χ0v) is 13.5. The molecule has 0 aliphatic carbocycles. The lowest BCUT2D eigenvalue weighted by atomic mass is 10.1.